The number of benzene rings is 1. The number of amides is 1. The van der Waals surface area contributed by atoms with Gasteiger partial charge in [0.1, 0.15) is 13.2 Å². The molecule has 1 aliphatic rings. The third-order valence-corrected chi connectivity index (χ3v) is 3.18. The lowest BCUT2D eigenvalue weighted by atomic mass is 10.1. The Balaban J connectivity index is 1.92. The summed E-state index contributed by atoms with van der Waals surface area (Å²) in [7, 11) is 0. The molecular formula is C14H19ClN2O3. The molecule has 0 saturated carbocycles. The second-order valence-corrected chi connectivity index (χ2v) is 4.89. The lowest BCUT2D eigenvalue weighted by molar-refractivity contribution is -0.120. The second kappa shape index (κ2) is 7.36. The van der Waals surface area contributed by atoms with Crippen LogP contribution >= 0.6 is 11.6 Å². The lowest BCUT2D eigenvalue weighted by Crippen LogP contribution is -2.32. The van der Waals surface area contributed by atoms with Crippen molar-refractivity contribution in [1.82, 2.24) is 10.6 Å². The molecule has 2 rings (SSSR count). The quantitative estimate of drug-likeness (QED) is 0.779. The summed E-state index contributed by atoms with van der Waals surface area (Å²) in [5, 5.41) is 6.48. The predicted octanol–water partition coefficient (Wildman–Crippen LogP) is 1.38. The predicted molar refractivity (Wildman–Crippen MR) is 77.7 cm³/mol. The molecule has 1 amide bonds. The van der Waals surface area contributed by atoms with Crippen molar-refractivity contribution in [2.24, 2.45) is 0 Å². The molecule has 0 fully saturated rings. The maximum Gasteiger partial charge on any atom is 0.224 e. The maximum absolute atomic E-state index is 11.8. The largest absolute Gasteiger partial charge is 0.486 e. The Morgan fingerprint density at radius 1 is 1.30 bits per heavy atom. The van der Waals surface area contributed by atoms with Gasteiger partial charge in [0.25, 0.3) is 0 Å². The molecule has 0 saturated heterocycles. The summed E-state index contributed by atoms with van der Waals surface area (Å²) in [4.78, 5) is 11.8. The number of nitrogens with one attached hydrogen (secondary N) is 2. The Hall–Kier alpha value is -1.46. The minimum absolute atomic E-state index is 0.0318. The Morgan fingerprint density at radius 2 is 2.10 bits per heavy atom. The summed E-state index contributed by atoms with van der Waals surface area (Å²) >= 11 is 6.13. The van der Waals surface area contributed by atoms with Gasteiger partial charge in [-0.2, -0.15) is 0 Å². The molecule has 0 bridgehead atoms. The fourth-order valence-electron chi connectivity index (χ4n) is 1.98. The van der Waals surface area contributed by atoms with Crippen LogP contribution in [0.1, 0.15) is 12.5 Å². The number of rotatable bonds is 6. The van der Waals surface area contributed by atoms with Gasteiger partial charge in [-0.3, -0.25) is 4.79 Å². The average Bonchev–Trinajstić information content (AvgIpc) is 2.44. The first-order chi connectivity index (χ1) is 9.70. The van der Waals surface area contributed by atoms with Crippen molar-refractivity contribution in [3.05, 3.63) is 22.7 Å². The lowest BCUT2D eigenvalue weighted by Gasteiger charge is -2.20. The van der Waals surface area contributed by atoms with Crippen molar-refractivity contribution in [3.8, 4) is 11.5 Å². The van der Waals surface area contributed by atoms with Crippen molar-refractivity contribution in [2.45, 2.75) is 13.3 Å². The highest BCUT2D eigenvalue weighted by molar-refractivity contribution is 6.32. The molecule has 5 nitrogen and oxygen atoms in total. The van der Waals surface area contributed by atoms with E-state index < -0.39 is 0 Å². The number of ether oxygens (including phenoxy) is 2. The molecule has 0 unspecified atom stereocenters. The SMILES string of the molecule is CCNCCNC(=O)Cc1cc(Cl)c2c(c1)OCCO2. The van der Waals surface area contributed by atoms with Gasteiger partial charge < -0.3 is 20.1 Å². The zero-order chi connectivity index (χ0) is 14.4. The van der Waals surface area contributed by atoms with E-state index in [-0.39, 0.29) is 12.3 Å². The van der Waals surface area contributed by atoms with Crippen LogP contribution in [0.15, 0.2) is 12.1 Å². The first-order valence-electron chi connectivity index (χ1n) is 6.76. The third kappa shape index (κ3) is 4.02. The number of hydrogen-bond donors (Lipinski definition) is 2. The zero-order valence-corrected chi connectivity index (χ0v) is 12.3. The Morgan fingerprint density at radius 3 is 2.90 bits per heavy atom. The highest BCUT2D eigenvalue weighted by atomic mass is 35.5. The number of carbonyl (C=O) groups excluding carboxylic acids is 1. The van der Waals surface area contributed by atoms with Crippen LogP contribution in [0.2, 0.25) is 5.02 Å². The van der Waals surface area contributed by atoms with Crippen LogP contribution in [0.3, 0.4) is 0 Å². The monoisotopic (exact) mass is 298 g/mol. The molecule has 0 atom stereocenters. The van der Waals surface area contributed by atoms with Crippen molar-refractivity contribution in [2.75, 3.05) is 32.8 Å². The van der Waals surface area contributed by atoms with E-state index in [9.17, 15) is 4.79 Å². The summed E-state index contributed by atoms with van der Waals surface area (Å²) in [5.41, 5.74) is 0.820. The number of hydrogen-bond acceptors (Lipinski definition) is 4. The summed E-state index contributed by atoms with van der Waals surface area (Å²) in [6, 6.07) is 3.56. The summed E-state index contributed by atoms with van der Waals surface area (Å²) < 4.78 is 10.9. The molecule has 0 radical (unpaired) electrons. The first-order valence-corrected chi connectivity index (χ1v) is 7.14. The number of likely N-dealkylation sites (N-methyl/N-ethyl adjacent to an activating group) is 1. The van der Waals surface area contributed by atoms with Crippen LogP contribution in [-0.2, 0) is 11.2 Å². The Labute approximate surface area is 123 Å². The fraction of sp³-hybridized carbons (Fsp3) is 0.500. The molecule has 0 aromatic heterocycles. The van der Waals surface area contributed by atoms with Crippen molar-refractivity contribution < 1.29 is 14.3 Å². The van der Waals surface area contributed by atoms with Gasteiger partial charge in [0.05, 0.1) is 11.4 Å². The molecule has 6 heteroatoms. The molecule has 1 aliphatic heterocycles. The van der Waals surface area contributed by atoms with Gasteiger partial charge in [-0.1, -0.05) is 18.5 Å². The molecule has 110 valence electrons. The number of carbonyl (C=O) groups is 1. The van der Waals surface area contributed by atoms with Crippen LogP contribution in [0.25, 0.3) is 0 Å². The second-order valence-electron chi connectivity index (χ2n) is 4.48. The number of fused-ring (bicyclic) bond motifs is 1. The molecule has 0 spiro atoms. The van der Waals surface area contributed by atoms with E-state index in [1.807, 2.05) is 13.0 Å². The minimum atomic E-state index is -0.0318. The highest BCUT2D eigenvalue weighted by Crippen LogP contribution is 2.38. The maximum atomic E-state index is 11.8. The van der Waals surface area contributed by atoms with Crippen molar-refractivity contribution >= 4 is 17.5 Å². The molecular weight excluding hydrogens is 280 g/mol. The van der Waals surface area contributed by atoms with Gasteiger partial charge in [0, 0.05) is 13.1 Å². The highest BCUT2D eigenvalue weighted by Gasteiger charge is 2.17. The van der Waals surface area contributed by atoms with Gasteiger partial charge in [0.15, 0.2) is 11.5 Å². The van der Waals surface area contributed by atoms with Crippen LogP contribution < -0.4 is 20.1 Å². The fourth-order valence-corrected chi connectivity index (χ4v) is 2.27. The minimum Gasteiger partial charge on any atom is -0.486 e. The molecule has 0 aliphatic carbocycles. The van der Waals surface area contributed by atoms with E-state index in [2.05, 4.69) is 10.6 Å². The van der Waals surface area contributed by atoms with Gasteiger partial charge in [-0.05, 0) is 24.2 Å². The summed E-state index contributed by atoms with van der Waals surface area (Å²) in [6.07, 6.45) is 0.280. The van der Waals surface area contributed by atoms with Gasteiger partial charge in [-0.15, -0.1) is 0 Å². The van der Waals surface area contributed by atoms with E-state index in [0.717, 1.165) is 18.7 Å². The van der Waals surface area contributed by atoms with Crippen molar-refractivity contribution in [3.63, 3.8) is 0 Å². The van der Waals surface area contributed by atoms with Crippen LogP contribution in [0.4, 0.5) is 0 Å². The Bertz CT molecular complexity index is 480. The summed E-state index contributed by atoms with van der Waals surface area (Å²) in [6.45, 7) is 5.31. The van der Waals surface area contributed by atoms with Crippen molar-refractivity contribution in [1.29, 1.82) is 0 Å². The summed E-state index contributed by atoms with van der Waals surface area (Å²) in [5.74, 6) is 1.14. The first kappa shape index (κ1) is 14.9. The number of halogens is 1. The standard InChI is InChI=1S/C14H19ClN2O3/c1-2-16-3-4-17-13(18)9-10-7-11(15)14-12(8-10)19-5-6-20-14/h7-8,16H,2-6,9H2,1H3,(H,17,18). The normalized spacial score (nSPS) is 13.1. The molecule has 1 heterocycles. The Kier molecular flexibility index (Phi) is 5.49. The van der Waals surface area contributed by atoms with Crippen LogP contribution in [0.5, 0.6) is 11.5 Å². The van der Waals surface area contributed by atoms with Gasteiger partial charge in [-0.25, -0.2) is 0 Å². The molecule has 20 heavy (non-hydrogen) atoms. The zero-order valence-electron chi connectivity index (χ0n) is 11.5. The molecule has 1 aromatic rings. The average molecular weight is 299 g/mol. The van der Waals surface area contributed by atoms with Crippen LogP contribution in [-0.4, -0.2) is 38.8 Å². The van der Waals surface area contributed by atoms with Crippen LogP contribution in [0, 0.1) is 0 Å². The van der Waals surface area contributed by atoms with E-state index in [0.29, 0.717) is 36.3 Å². The van der Waals surface area contributed by atoms with Gasteiger partial charge >= 0.3 is 0 Å². The topological polar surface area (TPSA) is 59.6 Å². The van der Waals surface area contributed by atoms with E-state index >= 15 is 0 Å². The van der Waals surface area contributed by atoms with E-state index in [1.54, 1.807) is 6.07 Å². The molecule has 1 aromatic carbocycles. The van der Waals surface area contributed by atoms with E-state index in [4.69, 9.17) is 21.1 Å². The smallest absolute Gasteiger partial charge is 0.224 e. The molecule has 2 N–H and O–H groups in total. The van der Waals surface area contributed by atoms with Gasteiger partial charge in [0.2, 0.25) is 5.91 Å². The van der Waals surface area contributed by atoms with E-state index in [1.165, 1.54) is 0 Å². The third-order valence-electron chi connectivity index (χ3n) is 2.90.